The number of benzene rings is 1. The van der Waals surface area contributed by atoms with Gasteiger partial charge < -0.3 is 0 Å². The minimum Gasteiger partial charge on any atom is -0.206 e. The molecule has 12 heavy (non-hydrogen) atoms. The van der Waals surface area contributed by atoms with Gasteiger partial charge in [-0.1, -0.05) is 0 Å². The molecule has 0 N–H and O–H groups in total. The van der Waals surface area contributed by atoms with E-state index in [9.17, 15) is 4.39 Å². The molecule has 0 fully saturated rings. The molecule has 1 aromatic carbocycles. The molecule has 0 aliphatic heterocycles. The summed E-state index contributed by atoms with van der Waals surface area (Å²) in [5.41, 5.74) is 0. The second-order valence-electron chi connectivity index (χ2n) is 2.35. The van der Waals surface area contributed by atoms with Gasteiger partial charge >= 0.3 is 0 Å². The average molecular weight is 357 g/mol. The summed E-state index contributed by atoms with van der Waals surface area (Å²) in [5, 5.41) is 3.03. The number of rotatable bonds is 0. The van der Waals surface area contributed by atoms with Crippen LogP contribution in [0.2, 0.25) is 0 Å². The number of thiophene rings is 1. The Morgan fingerprint density at radius 1 is 1.42 bits per heavy atom. The molecular weight excluding hydrogens is 354 g/mol. The van der Waals surface area contributed by atoms with Crippen LogP contribution in [0.3, 0.4) is 0 Å². The van der Waals surface area contributed by atoms with Crippen LogP contribution in [0.15, 0.2) is 22.0 Å². The maximum Gasteiger partial charge on any atom is 0.138 e. The molecule has 62 valence electrons. The molecule has 0 amide bonds. The zero-order valence-corrected chi connectivity index (χ0v) is 10.3. The first-order valence-corrected chi connectivity index (χ1v) is 5.95. The molecule has 0 atom stereocenters. The molecule has 2 rings (SSSR count). The van der Waals surface area contributed by atoms with Crippen molar-refractivity contribution < 1.29 is 4.39 Å². The van der Waals surface area contributed by atoms with E-state index in [4.69, 9.17) is 0 Å². The van der Waals surface area contributed by atoms with Crippen LogP contribution in [-0.4, -0.2) is 0 Å². The zero-order chi connectivity index (χ0) is 8.72. The predicted molar refractivity (Wildman–Crippen MR) is 62.2 cm³/mol. The lowest BCUT2D eigenvalue weighted by Gasteiger charge is -1.94. The van der Waals surface area contributed by atoms with Crippen LogP contribution in [-0.2, 0) is 0 Å². The van der Waals surface area contributed by atoms with Gasteiger partial charge in [-0.15, -0.1) is 11.3 Å². The Morgan fingerprint density at radius 2 is 2.17 bits per heavy atom. The van der Waals surface area contributed by atoms with E-state index in [1.165, 1.54) is 0 Å². The van der Waals surface area contributed by atoms with Crippen molar-refractivity contribution in [3.8, 4) is 0 Å². The van der Waals surface area contributed by atoms with Crippen LogP contribution in [0.4, 0.5) is 4.39 Å². The van der Waals surface area contributed by atoms with Crippen molar-refractivity contribution in [2.24, 2.45) is 0 Å². The van der Waals surface area contributed by atoms with E-state index in [0.29, 0.717) is 4.47 Å². The van der Waals surface area contributed by atoms with Crippen molar-refractivity contribution in [1.82, 2.24) is 0 Å². The summed E-state index contributed by atoms with van der Waals surface area (Å²) in [7, 11) is 0. The fourth-order valence-corrected chi connectivity index (χ4v) is 3.34. The SMILES string of the molecule is Fc1cc2c(I)csc2cc1Br. The molecule has 0 saturated heterocycles. The van der Waals surface area contributed by atoms with E-state index >= 15 is 0 Å². The van der Waals surface area contributed by atoms with Gasteiger partial charge in [0.05, 0.1) is 4.47 Å². The third kappa shape index (κ3) is 1.40. The summed E-state index contributed by atoms with van der Waals surface area (Å²) >= 11 is 7.00. The molecular formula is C8H3BrFIS. The monoisotopic (exact) mass is 356 g/mol. The number of halogens is 3. The van der Waals surface area contributed by atoms with Crippen molar-refractivity contribution in [1.29, 1.82) is 0 Å². The van der Waals surface area contributed by atoms with E-state index in [1.807, 2.05) is 11.4 Å². The Morgan fingerprint density at radius 3 is 2.92 bits per heavy atom. The third-order valence-corrected chi connectivity index (χ3v) is 4.44. The molecule has 0 saturated carbocycles. The van der Waals surface area contributed by atoms with Crippen molar-refractivity contribution in [3.05, 3.63) is 31.4 Å². The van der Waals surface area contributed by atoms with E-state index in [1.54, 1.807) is 17.4 Å². The largest absolute Gasteiger partial charge is 0.206 e. The third-order valence-electron chi connectivity index (χ3n) is 1.57. The van der Waals surface area contributed by atoms with Gasteiger partial charge in [0.2, 0.25) is 0 Å². The Labute approximate surface area is 95.0 Å². The van der Waals surface area contributed by atoms with Gasteiger partial charge in [0, 0.05) is 19.0 Å². The maximum atomic E-state index is 13.1. The summed E-state index contributed by atoms with van der Waals surface area (Å²) in [6.45, 7) is 0. The molecule has 0 radical (unpaired) electrons. The highest BCUT2D eigenvalue weighted by Crippen LogP contribution is 2.31. The minimum atomic E-state index is -0.196. The second kappa shape index (κ2) is 3.23. The van der Waals surface area contributed by atoms with E-state index in [-0.39, 0.29) is 5.82 Å². The Bertz CT molecular complexity index is 438. The van der Waals surface area contributed by atoms with Crippen molar-refractivity contribution in [3.63, 3.8) is 0 Å². The van der Waals surface area contributed by atoms with Crippen molar-refractivity contribution >= 4 is 59.9 Å². The summed E-state index contributed by atoms with van der Waals surface area (Å²) in [4.78, 5) is 0. The first-order valence-electron chi connectivity index (χ1n) is 3.20. The molecule has 0 bridgehead atoms. The lowest BCUT2D eigenvalue weighted by molar-refractivity contribution is 0.623. The number of fused-ring (bicyclic) bond motifs is 1. The summed E-state index contributed by atoms with van der Waals surface area (Å²) < 4.78 is 15.8. The van der Waals surface area contributed by atoms with Crippen LogP contribution in [0, 0.1) is 9.39 Å². The number of hydrogen-bond acceptors (Lipinski definition) is 1. The van der Waals surface area contributed by atoms with Crippen LogP contribution in [0.5, 0.6) is 0 Å². The zero-order valence-electron chi connectivity index (χ0n) is 5.77. The van der Waals surface area contributed by atoms with E-state index in [2.05, 4.69) is 38.5 Å². The molecule has 0 unspecified atom stereocenters. The first kappa shape index (κ1) is 8.90. The van der Waals surface area contributed by atoms with Crippen LogP contribution in [0.25, 0.3) is 10.1 Å². The Balaban J connectivity index is 2.87. The molecule has 2 aromatic rings. The topological polar surface area (TPSA) is 0 Å². The standard InChI is InChI=1S/C8H3BrFIS/c9-5-2-8-4(1-6(5)10)7(11)3-12-8/h1-3H. The maximum absolute atomic E-state index is 13.1. The molecule has 0 aliphatic rings. The molecule has 0 nitrogen and oxygen atoms in total. The highest BCUT2D eigenvalue weighted by Gasteiger charge is 2.05. The van der Waals surface area contributed by atoms with Gasteiger partial charge in [0.15, 0.2) is 0 Å². The van der Waals surface area contributed by atoms with Gasteiger partial charge in [-0.2, -0.15) is 0 Å². The lowest BCUT2D eigenvalue weighted by Crippen LogP contribution is -1.76. The molecule has 0 spiro atoms. The summed E-state index contributed by atoms with van der Waals surface area (Å²) in [6.07, 6.45) is 0. The van der Waals surface area contributed by atoms with E-state index < -0.39 is 0 Å². The minimum absolute atomic E-state index is 0.196. The molecule has 1 aromatic heterocycles. The van der Waals surface area contributed by atoms with Crippen LogP contribution >= 0.6 is 49.9 Å². The average Bonchev–Trinajstić information content (AvgIpc) is 2.35. The van der Waals surface area contributed by atoms with Crippen LogP contribution in [0.1, 0.15) is 0 Å². The van der Waals surface area contributed by atoms with Crippen molar-refractivity contribution in [2.45, 2.75) is 0 Å². The fraction of sp³-hybridized carbons (Fsp3) is 0. The highest BCUT2D eigenvalue weighted by molar-refractivity contribution is 14.1. The number of hydrogen-bond donors (Lipinski definition) is 0. The fourth-order valence-electron chi connectivity index (χ4n) is 0.991. The summed E-state index contributed by atoms with van der Waals surface area (Å²) in [6, 6.07) is 3.38. The normalized spacial score (nSPS) is 10.9. The lowest BCUT2D eigenvalue weighted by atomic mass is 10.3. The van der Waals surface area contributed by atoms with Crippen molar-refractivity contribution in [2.75, 3.05) is 0 Å². The van der Waals surface area contributed by atoms with Gasteiger partial charge in [-0.05, 0) is 50.7 Å². The summed E-state index contributed by atoms with van der Waals surface area (Å²) in [5.74, 6) is -0.196. The van der Waals surface area contributed by atoms with Gasteiger partial charge in [-0.3, -0.25) is 0 Å². The molecule has 1 heterocycles. The molecule has 4 heteroatoms. The Hall–Kier alpha value is 0.320. The highest BCUT2D eigenvalue weighted by atomic mass is 127. The van der Waals surface area contributed by atoms with Gasteiger partial charge in [0.1, 0.15) is 5.82 Å². The predicted octanol–water partition coefficient (Wildman–Crippen LogP) is 4.41. The van der Waals surface area contributed by atoms with Gasteiger partial charge in [0.25, 0.3) is 0 Å². The first-order chi connectivity index (χ1) is 5.68. The smallest absolute Gasteiger partial charge is 0.138 e. The second-order valence-corrected chi connectivity index (χ2v) is 5.27. The Kier molecular flexibility index (Phi) is 2.39. The molecule has 0 aliphatic carbocycles. The van der Waals surface area contributed by atoms with Gasteiger partial charge in [-0.25, -0.2) is 4.39 Å². The van der Waals surface area contributed by atoms with E-state index in [0.717, 1.165) is 13.7 Å². The van der Waals surface area contributed by atoms with Crippen LogP contribution < -0.4 is 0 Å². The quantitative estimate of drug-likeness (QED) is 0.613.